The molecule has 30 heavy (non-hydrogen) atoms. The molecule has 4 atom stereocenters. The number of benzene rings is 1. The Morgan fingerprint density at radius 2 is 1.77 bits per heavy atom. The number of nitro groups is 1. The summed E-state index contributed by atoms with van der Waals surface area (Å²) in [4.78, 5) is 61.2. The molecule has 1 heterocycles. The van der Waals surface area contributed by atoms with Crippen LogP contribution in [0, 0.1) is 22.0 Å². The molecule has 2 aliphatic rings. The predicted molar refractivity (Wildman–Crippen MR) is 104 cm³/mol. The number of carbonyl (C=O) groups is 4. The molecule has 1 N–H and O–H groups in total. The molecular weight excluding hydrogens is 394 g/mol. The fraction of sp³-hybridized carbons (Fsp3) is 0.500. The van der Waals surface area contributed by atoms with Gasteiger partial charge in [0.1, 0.15) is 6.04 Å². The fourth-order valence-corrected chi connectivity index (χ4v) is 3.94. The summed E-state index contributed by atoms with van der Waals surface area (Å²) in [5.74, 6) is -3.03. The summed E-state index contributed by atoms with van der Waals surface area (Å²) >= 11 is 0. The molecule has 3 amide bonds. The smallest absolute Gasteiger partial charge is 0.329 e. The van der Waals surface area contributed by atoms with Gasteiger partial charge in [-0.1, -0.05) is 18.9 Å². The van der Waals surface area contributed by atoms with Gasteiger partial charge >= 0.3 is 5.97 Å². The number of nitro benzene ring substituents is 1. The minimum absolute atomic E-state index is 0.180. The number of ether oxygens (including phenoxy) is 1. The lowest BCUT2D eigenvalue weighted by molar-refractivity contribution is -0.384. The number of imide groups is 1. The van der Waals surface area contributed by atoms with E-state index in [1.807, 2.05) is 0 Å². The molecule has 0 aromatic heterocycles. The molecular formula is C20H23N3O7. The molecule has 1 saturated carbocycles. The monoisotopic (exact) mass is 417 g/mol. The van der Waals surface area contributed by atoms with Crippen LogP contribution in [0.4, 0.5) is 11.4 Å². The number of rotatable bonds is 6. The minimum atomic E-state index is -1.23. The Morgan fingerprint density at radius 3 is 2.33 bits per heavy atom. The van der Waals surface area contributed by atoms with Gasteiger partial charge in [-0.3, -0.25) is 29.4 Å². The Morgan fingerprint density at radius 1 is 1.17 bits per heavy atom. The molecule has 0 spiro atoms. The van der Waals surface area contributed by atoms with Crippen LogP contribution in [0.5, 0.6) is 0 Å². The van der Waals surface area contributed by atoms with Gasteiger partial charge in [-0.15, -0.1) is 0 Å². The molecule has 1 aliphatic heterocycles. The van der Waals surface area contributed by atoms with Crippen molar-refractivity contribution in [3.8, 4) is 0 Å². The van der Waals surface area contributed by atoms with E-state index in [1.165, 1.54) is 38.1 Å². The Balaban J connectivity index is 1.61. The molecule has 1 saturated heterocycles. The van der Waals surface area contributed by atoms with Gasteiger partial charge in [-0.05, 0) is 32.8 Å². The van der Waals surface area contributed by atoms with Crippen LogP contribution in [0.3, 0.4) is 0 Å². The second kappa shape index (κ2) is 8.60. The highest BCUT2D eigenvalue weighted by molar-refractivity contribution is 6.08. The number of non-ortho nitro benzene ring substituents is 1. The van der Waals surface area contributed by atoms with Gasteiger partial charge in [0, 0.05) is 17.8 Å². The van der Waals surface area contributed by atoms with Crippen molar-refractivity contribution in [3.63, 3.8) is 0 Å². The summed E-state index contributed by atoms with van der Waals surface area (Å²) in [7, 11) is 0. The molecule has 1 aromatic carbocycles. The van der Waals surface area contributed by atoms with Crippen LogP contribution in [-0.2, 0) is 23.9 Å². The fourth-order valence-electron chi connectivity index (χ4n) is 3.94. The highest BCUT2D eigenvalue weighted by Gasteiger charge is 2.51. The van der Waals surface area contributed by atoms with Crippen molar-refractivity contribution >= 4 is 35.1 Å². The third-order valence-corrected chi connectivity index (χ3v) is 5.59. The van der Waals surface area contributed by atoms with E-state index in [-0.39, 0.29) is 35.0 Å². The Hall–Kier alpha value is -3.30. The first-order valence-electron chi connectivity index (χ1n) is 9.83. The van der Waals surface area contributed by atoms with Crippen molar-refractivity contribution in [2.24, 2.45) is 11.8 Å². The first-order chi connectivity index (χ1) is 14.2. The summed E-state index contributed by atoms with van der Waals surface area (Å²) in [6, 6.07) is 4.20. The van der Waals surface area contributed by atoms with Crippen LogP contribution >= 0.6 is 0 Å². The molecule has 3 rings (SSSR count). The van der Waals surface area contributed by atoms with Crippen molar-refractivity contribution in [2.75, 3.05) is 5.32 Å². The van der Waals surface area contributed by atoms with E-state index in [9.17, 15) is 29.3 Å². The zero-order chi connectivity index (χ0) is 22.0. The van der Waals surface area contributed by atoms with Gasteiger partial charge in [-0.2, -0.15) is 0 Å². The van der Waals surface area contributed by atoms with Crippen LogP contribution < -0.4 is 5.32 Å². The topological polar surface area (TPSA) is 136 Å². The number of carbonyl (C=O) groups excluding carboxylic acids is 4. The lowest BCUT2D eigenvalue weighted by Crippen LogP contribution is -2.46. The van der Waals surface area contributed by atoms with Crippen molar-refractivity contribution in [1.82, 2.24) is 4.90 Å². The number of anilines is 1. The van der Waals surface area contributed by atoms with E-state index in [0.29, 0.717) is 12.8 Å². The van der Waals surface area contributed by atoms with Gasteiger partial charge in [0.05, 0.1) is 16.8 Å². The van der Waals surface area contributed by atoms with E-state index >= 15 is 0 Å². The average molecular weight is 417 g/mol. The van der Waals surface area contributed by atoms with Crippen LogP contribution in [0.15, 0.2) is 24.3 Å². The van der Waals surface area contributed by atoms with E-state index in [1.54, 1.807) is 0 Å². The highest BCUT2D eigenvalue weighted by Crippen LogP contribution is 2.39. The quantitative estimate of drug-likeness (QED) is 0.324. The van der Waals surface area contributed by atoms with Crippen LogP contribution in [0.25, 0.3) is 0 Å². The maximum absolute atomic E-state index is 12.6. The van der Waals surface area contributed by atoms with Crippen molar-refractivity contribution in [1.29, 1.82) is 0 Å². The van der Waals surface area contributed by atoms with Crippen LogP contribution in [0.1, 0.15) is 39.5 Å². The summed E-state index contributed by atoms with van der Waals surface area (Å²) < 4.78 is 5.16. The predicted octanol–water partition coefficient (Wildman–Crippen LogP) is 2.03. The summed E-state index contributed by atoms with van der Waals surface area (Å²) in [6.07, 6.45) is 1.79. The standard InChI is InChI=1S/C20H23N3O7/c1-11(22-18(25)15-8-3-4-9-16(15)19(22)26)20(27)30-12(2)17(24)21-13-6-5-7-14(10-13)23(28)29/h5-7,10-12,15-16H,3-4,8-9H2,1-2H3,(H,21,24). The van der Waals surface area contributed by atoms with Gasteiger partial charge in [0.15, 0.2) is 6.10 Å². The van der Waals surface area contributed by atoms with E-state index in [2.05, 4.69) is 5.32 Å². The molecule has 10 nitrogen and oxygen atoms in total. The summed E-state index contributed by atoms with van der Waals surface area (Å²) in [5.41, 5.74) is -0.0160. The number of likely N-dealkylation sites (tertiary alicyclic amines) is 1. The van der Waals surface area contributed by atoms with E-state index in [4.69, 9.17) is 4.74 Å². The second-order valence-corrected chi connectivity index (χ2v) is 7.60. The number of fused-ring (bicyclic) bond motifs is 1. The van der Waals surface area contributed by atoms with Crippen molar-refractivity contribution < 1.29 is 28.8 Å². The van der Waals surface area contributed by atoms with Gasteiger partial charge in [0.25, 0.3) is 11.6 Å². The minimum Gasteiger partial charge on any atom is -0.451 e. The highest BCUT2D eigenvalue weighted by atomic mass is 16.6. The molecule has 0 radical (unpaired) electrons. The number of esters is 1. The zero-order valence-corrected chi connectivity index (χ0v) is 16.7. The van der Waals surface area contributed by atoms with Crippen molar-refractivity contribution in [2.45, 2.75) is 51.7 Å². The second-order valence-electron chi connectivity index (χ2n) is 7.60. The number of hydrogen-bond donors (Lipinski definition) is 1. The molecule has 1 aromatic rings. The number of hydrogen-bond acceptors (Lipinski definition) is 7. The first-order valence-corrected chi connectivity index (χ1v) is 9.83. The third-order valence-electron chi connectivity index (χ3n) is 5.59. The molecule has 4 unspecified atom stereocenters. The molecule has 1 aliphatic carbocycles. The molecule has 0 bridgehead atoms. The Labute approximate surface area is 172 Å². The lowest BCUT2D eigenvalue weighted by atomic mass is 9.81. The summed E-state index contributed by atoms with van der Waals surface area (Å²) in [5, 5.41) is 13.3. The van der Waals surface area contributed by atoms with Crippen molar-refractivity contribution in [3.05, 3.63) is 34.4 Å². The SMILES string of the molecule is CC(OC(=O)C(C)N1C(=O)C2CCCCC2C1=O)C(=O)Nc1cccc([N+](=O)[O-])c1. The third kappa shape index (κ3) is 4.17. The Kier molecular flexibility index (Phi) is 6.14. The lowest BCUT2D eigenvalue weighted by Gasteiger charge is -2.23. The number of nitrogens with zero attached hydrogens (tertiary/aromatic N) is 2. The summed E-state index contributed by atoms with van der Waals surface area (Å²) in [6.45, 7) is 2.74. The zero-order valence-electron chi connectivity index (χ0n) is 16.7. The van der Waals surface area contributed by atoms with Crippen LogP contribution in [-0.4, -0.2) is 45.7 Å². The largest absolute Gasteiger partial charge is 0.451 e. The molecule has 10 heteroatoms. The maximum Gasteiger partial charge on any atom is 0.329 e. The van der Waals surface area contributed by atoms with E-state index < -0.39 is 28.9 Å². The van der Waals surface area contributed by atoms with Gasteiger partial charge in [0.2, 0.25) is 11.8 Å². The van der Waals surface area contributed by atoms with Gasteiger partial charge < -0.3 is 10.1 Å². The maximum atomic E-state index is 12.6. The molecule has 2 fully saturated rings. The number of amides is 3. The first kappa shape index (κ1) is 21.4. The normalized spacial score (nSPS) is 22.8. The number of nitrogens with one attached hydrogen (secondary N) is 1. The average Bonchev–Trinajstić information content (AvgIpc) is 2.98. The molecule has 160 valence electrons. The van der Waals surface area contributed by atoms with Gasteiger partial charge in [-0.25, -0.2) is 4.79 Å². The van der Waals surface area contributed by atoms with E-state index in [0.717, 1.165) is 17.7 Å². The Bertz CT molecular complexity index is 876. The van der Waals surface area contributed by atoms with Crippen LogP contribution in [0.2, 0.25) is 0 Å².